The van der Waals surface area contributed by atoms with Gasteiger partial charge in [-0.05, 0) is 48.2 Å². The van der Waals surface area contributed by atoms with E-state index in [1.807, 2.05) is 12.1 Å². The highest BCUT2D eigenvalue weighted by Gasteiger charge is 2.13. The van der Waals surface area contributed by atoms with Crippen LogP contribution in [0.15, 0.2) is 47.5 Å². The highest BCUT2D eigenvalue weighted by Crippen LogP contribution is 2.20. The molecule has 7 heteroatoms. The Morgan fingerprint density at radius 3 is 2.55 bits per heavy atom. The number of hydrogen-bond donors (Lipinski definition) is 0. The first-order valence-electron chi connectivity index (χ1n) is 9.51. The van der Waals surface area contributed by atoms with Crippen LogP contribution in [-0.4, -0.2) is 23.6 Å². The number of amides is 1. The summed E-state index contributed by atoms with van der Waals surface area (Å²) in [5, 5.41) is 0. The second-order valence-corrected chi connectivity index (χ2v) is 7.77. The number of carbonyl (C=O) groups is 2. The molecule has 0 atom stereocenters. The molecule has 152 valence electrons. The Morgan fingerprint density at radius 2 is 1.86 bits per heavy atom. The first-order valence-corrected chi connectivity index (χ1v) is 10.3. The van der Waals surface area contributed by atoms with Gasteiger partial charge in [0, 0.05) is 0 Å². The van der Waals surface area contributed by atoms with E-state index >= 15 is 0 Å². The Hall–Kier alpha value is -2.80. The first kappa shape index (κ1) is 20.9. The summed E-state index contributed by atoms with van der Waals surface area (Å²) in [4.78, 5) is 29.1. The maximum Gasteiger partial charge on any atom is 0.325 e. The Kier molecular flexibility index (Phi) is 6.93. The van der Waals surface area contributed by atoms with Crippen molar-refractivity contribution in [3.63, 3.8) is 0 Å². The molecule has 0 aliphatic rings. The molecule has 0 aliphatic heterocycles. The number of thiazole rings is 1. The number of halogens is 1. The largest absolute Gasteiger partial charge is 0.468 e. The lowest BCUT2D eigenvalue weighted by atomic mass is 10.1. The Balaban J connectivity index is 1.97. The van der Waals surface area contributed by atoms with Gasteiger partial charge in [0.05, 0.1) is 23.7 Å². The van der Waals surface area contributed by atoms with Crippen LogP contribution < -0.4 is 4.80 Å². The number of benzene rings is 2. The molecule has 0 unspecified atom stereocenters. The summed E-state index contributed by atoms with van der Waals surface area (Å²) in [6.07, 6.45) is 3.27. The van der Waals surface area contributed by atoms with E-state index in [-0.39, 0.29) is 24.7 Å². The monoisotopic (exact) mass is 414 g/mol. The number of rotatable bonds is 7. The van der Waals surface area contributed by atoms with Crippen molar-refractivity contribution < 1.29 is 18.7 Å². The number of ether oxygens (including phenoxy) is 1. The zero-order chi connectivity index (χ0) is 20.8. The lowest BCUT2D eigenvalue weighted by molar-refractivity contribution is -0.141. The number of fused-ring (bicyclic) bond motifs is 1. The highest BCUT2D eigenvalue weighted by molar-refractivity contribution is 7.16. The summed E-state index contributed by atoms with van der Waals surface area (Å²) in [5.41, 5.74) is 2.74. The lowest BCUT2D eigenvalue weighted by Crippen LogP contribution is -2.22. The van der Waals surface area contributed by atoms with Crippen molar-refractivity contribution in [3.8, 4) is 0 Å². The molecule has 29 heavy (non-hydrogen) atoms. The van der Waals surface area contributed by atoms with Crippen molar-refractivity contribution in [2.24, 2.45) is 4.99 Å². The summed E-state index contributed by atoms with van der Waals surface area (Å²) in [6, 6.07) is 11.9. The molecule has 3 aromatic rings. The molecule has 2 aromatic carbocycles. The normalized spacial score (nSPS) is 11.8. The summed E-state index contributed by atoms with van der Waals surface area (Å²) >= 11 is 1.37. The van der Waals surface area contributed by atoms with Crippen LogP contribution >= 0.6 is 11.3 Å². The highest BCUT2D eigenvalue weighted by atomic mass is 32.1. The number of aryl methyl sites for hydroxylation is 1. The fourth-order valence-corrected chi connectivity index (χ4v) is 4.12. The molecule has 3 rings (SSSR count). The second kappa shape index (κ2) is 9.60. The van der Waals surface area contributed by atoms with E-state index in [0.717, 1.165) is 29.5 Å². The molecule has 0 radical (unpaired) electrons. The van der Waals surface area contributed by atoms with Gasteiger partial charge in [0.2, 0.25) is 0 Å². The third-order valence-electron chi connectivity index (χ3n) is 4.57. The molecule has 0 aliphatic carbocycles. The van der Waals surface area contributed by atoms with Gasteiger partial charge >= 0.3 is 5.97 Å². The molecule has 0 fully saturated rings. The summed E-state index contributed by atoms with van der Waals surface area (Å²) in [7, 11) is 1.33. The first-order chi connectivity index (χ1) is 14.0. The molecular weight excluding hydrogens is 391 g/mol. The number of unbranched alkanes of at least 4 members (excludes halogenated alkanes) is 1. The Bertz CT molecular complexity index is 1080. The smallest absolute Gasteiger partial charge is 0.325 e. The fourth-order valence-electron chi connectivity index (χ4n) is 3.01. The van der Waals surface area contributed by atoms with Crippen molar-refractivity contribution in [3.05, 3.63) is 64.2 Å². The molecule has 1 aromatic heterocycles. The van der Waals surface area contributed by atoms with Gasteiger partial charge in [-0.25, -0.2) is 4.39 Å². The number of hydrogen-bond acceptors (Lipinski definition) is 4. The molecule has 0 saturated heterocycles. The average molecular weight is 415 g/mol. The van der Waals surface area contributed by atoms with E-state index in [9.17, 15) is 14.0 Å². The maximum absolute atomic E-state index is 13.1. The number of esters is 1. The SMILES string of the molecule is CCCCc1ccc2c(c1)sc(=NC(=O)Cc1ccc(F)cc1)n2CC(=O)OC. The van der Waals surface area contributed by atoms with Crippen LogP contribution in [0.3, 0.4) is 0 Å². The molecule has 0 bridgehead atoms. The van der Waals surface area contributed by atoms with Crippen LogP contribution in [0.25, 0.3) is 10.2 Å². The summed E-state index contributed by atoms with van der Waals surface area (Å²) < 4.78 is 20.5. The number of methoxy groups -OCH3 is 1. The maximum atomic E-state index is 13.1. The van der Waals surface area contributed by atoms with Gasteiger partial charge in [0.25, 0.3) is 5.91 Å². The van der Waals surface area contributed by atoms with Gasteiger partial charge in [-0.1, -0.05) is 42.9 Å². The van der Waals surface area contributed by atoms with Crippen LogP contribution in [0, 0.1) is 5.82 Å². The zero-order valence-electron chi connectivity index (χ0n) is 16.5. The summed E-state index contributed by atoms with van der Waals surface area (Å²) in [6.45, 7) is 2.13. The standard InChI is InChI=1S/C22H23FN2O3S/c1-3-4-5-15-8-11-18-19(12-15)29-22(25(18)14-21(27)28-2)24-20(26)13-16-6-9-17(23)10-7-16/h6-12H,3-5,13-14H2,1-2H3. The van der Waals surface area contributed by atoms with E-state index in [4.69, 9.17) is 4.74 Å². The van der Waals surface area contributed by atoms with Crippen LogP contribution in [0.5, 0.6) is 0 Å². The van der Waals surface area contributed by atoms with Gasteiger partial charge in [0.15, 0.2) is 4.80 Å². The predicted octanol–water partition coefficient (Wildman–Crippen LogP) is 4.03. The van der Waals surface area contributed by atoms with Gasteiger partial charge in [-0.2, -0.15) is 4.99 Å². The molecule has 0 saturated carbocycles. The zero-order valence-corrected chi connectivity index (χ0v) is 17.3. The Labute approximate surface area is 172 Å². The molecule has 1 amide bonds. The molecule has 0 spiro atoms. The molecule has 1 heterocycles. The van der Waals surface area contributed by atoms with Crippen LogP contribution in [0.4, 0.5) is 4.39 Å². The van der Waals surface area contributed by atoms with Crippen molar-refractivity contribution in [2.75, 3.05) is 7.11 Å². The molecular formula is C22H23FN2O3S. The fraction of sp³-hybridized carbons (Fsp3) is 0.318. The number of aromatic nitrogens is 1. The van der Waals surface area contributed by atoms with Crippen LogP contribution in [0.2, 0.25) is 0 Å². The van der Waals surface area contributed by atoms with Gasteiger partial charge in [0.1, 0.15) is 12.4 Å². The van der Waals surface area contributed by atoms with E-state index in [0.29, 0.717) is 10.4 Å². The molecule has 0 N–H and O–H groups in total. The van der Waals surface area contributed by atoms with Gasteiger partial charge in [-0.3, -0.25) is 9.59 Å². The third kappa shape index (κ3) is 5.38. The predicted molar refractivity (Wildman–Crippen MR) is 111 cm³/mol. The average Bonchev–Trinajstić information content (AvgIpc) is 3.04. The van der Waals surface area contributed by atoms with Crippen molar-refractivity contribution in [2.45, 2.75) is 39.2 Å². The van der Waals surface area contributed by atoms with Crippen LogP contribution in [0.1, 0.15) is 30.9 Å². The van der Waals surface area contributed by atoms with Crippen molar-refractivity contribution in [1.82, 2.24) is 4.57 Å². The Morgan fingerprint density at radius 1 is 1.14 bits per heavy atom. The minimum Gasteiger partial charge on any atom is -0.468 e. The second-order valence-electron chi connectivity index (χ2n) is 6.76. The van der Waals surface area contributed by atoms with Gasteiger partial charge < -0.3 is 9.30 Å². The quantitative estimate of drug-likeness (QED) is 0.549. The van der Waals surface area contributed by atoms with Crippen molar-refractivity contribution in [1.29, 1.82) is 0 Å². The van der Waals surface area contributed by atoms with E-state index in [1.54, 1.807) is 16.7 Å². The molecule has 5 nitrogen and oxygen atoms in total. The van der Waals surface area contributed by atoms with Gasteiger partial charge in [-0.15, -0.1) is 0 Å². The lowest BCUT2D eigenvalue weighted by Gasteiger charge is -2.05. The third-order valence-corrected chi connectivity index (χ3v) is 5.61. The minimum atomic E-state index is -0.410. The van der Waals surface area contributed by atoms with E-state index in [2.05, 4.69) is 18.0 Å². The number of nitrogens with zero attached hydrogens (tertiary/aromatic N) is 2. The number of carbonyl (C=O) groups excluding carboxylic acids is 2. The van der Waals surface area contributed by atoms with E-state index < -0.39 is 5.97 Å². The minimum absolute atomic E-state index is 0.0204. The van der Waals surface area contributed by atoms with E-state index in [1.165, 1.54) is 36.1 Å². The summed E-state index contributed by atoms with van der Waals surface area (Å²) in [5.74, 6) is -1.11. The topological polar surface area (TPSA) is 60.7 Å². The van der Waals surface area contributed by atoms with Crippen molar-refractivity contribution >= 4 is 33.4 Å². The van der Waals surface area contributed by atoms with Crippen LogP contribution in [-0.2, 0) is 33.7 Å².